The first-order valence-corrected chi connectivity index (χ1v) is 9.25. The largest absolute Gasteiger partial charge is 0.342 e. The lowest BCUT2D eigenvalue weighted by Crippen LogP contribution is -2.33. The second-order valence-electron chi connectivity index (χ2n) is 5.87. The minimum Gasteiger partial charge on any atom is -0.342 e. The van der Waals surface area contributed by atoms with Crippen LogP contribution in [0.5, 0.6) is 0 Å². The van der Waals surface area contributed by atoms with Crippen molar-refractivity contribution in [3.8, 4) is 0 Å². The maximum Gasteiger partial charge on any atom is 0.233 e. The normalized spacial score (nSPS) is 15.6. The van der Waals surface area contributed by atoms with Crippen molar-refractivity contribution >= 4 is 28.7 Å². The minimum absolute atomic E-state index is 0.231. The summed E-state index contributed by atoms with van der Waals surface area (Å²) in [6.07, 6.45) is 6.61. The Morgan fingerprint density at radius 3 is 2.70 bits per heavy atom. The molecule has 3 rings (SSSR count). The number of hydrogen-bond donors (Lipinski definition) is 0. The summed E-state index contributed by atoms with van der Waals surface area (Å²) in [6.45, 7) is 6.35. The first-order chi connectivity index (χ1) is 11.3. The number of hydrogen-bond acceptors (Lipinski definition) is 3. The predicted molar refractivity (Wildman–Crippen MR) is 95.7 cm³/mol. The Morgan fingerprint density at radius 1 is 1.22 bits per heavy atom. The number of fused-ring (bicyclic) bond motifs is 1. The molecule has 0 unspecified atom stereocenters. The number of benzene rings is 1. The molecule has 0 spiro atoms. The summed E-state index contributed by atoms with van der Waals surface area (Å²) >= 11 is 1.53. The molecular weight excluding hydrogens is 306 g/mol. The molecule has 1 fully saturated rings. The first kappa shape index (κ1) is 16.1. The number of likely N-dealkylation sites (tertiary alicyclic amines) is 1. The third-order valence-electron chi connectivity index (χ3n) is 4.21. The number of imidazole rings is 1. The van der Waals surface area contributed by atoms with Crippen LogP contribution in [0.3, 0.4) is 0 Å². The van der Waals surface area contributed by atoms with Crippen LogP contribution >= 0.6 is 11.8 Å². The molecule has 1 amide bonds. The van der Waals surface area contributed by atoms with E-state index in [2.05, 4.69) is 22.2 Å². The van der Waals surface area contributed by atoms with Crippen LogP contribution in [-0.2, 0) is 11.3 Å². The molecule has 122 valence electrons. The van der Waals surface area contributed by atoms with Crippen LogP contribution in [0.1, 0.15) is 25.7 Å². The van der Waals surface area contributed by atoms with Crippen molar-refractivity contribution < 1.29 is 4.79 Å². The van der Waals surface area contributed by atoms with Gasteiger partial charge in [-0.15, -0.1) is 6.58 Å². The molecular formula is C18H23N3OS. The van der Waals surface area contributed by atoms with Crippen LogP contribution in [-0.4, -0.2) is 39.2 Å². The lowest BCUT2D eigenvalue weighted by Gasteiger charge is -2.19. The third kappa shape index (κ3) is 3.78. The van der Waals surface area contributed by atoms with Crippen molar-refractivity contribution in [1.29, 1.82) is 0 Å². The monoisotopic (exact) mass is 329 g/mol. The van der Waals surface area contributed by atoms with Crippen molar-refractivity contribution in [2.24, 2.45) is 0 Å². The Morgan fingerprint density at radius 2 is 1.96 bits per heavy atom. The van der Waals surface area contributed by atoms with Gasteiger partial charge in [0.2, 0.25) is 5.91 Å². The van der Waals surface area contributed by atoms with E-state index in [1.807, 2.05) is 29.2 Å². The topological polar surface area (TPSA) is 38.1 Å². The Balaban J connectivity index is 1.72. The standard InChI is InChI=1S/C18H23N3OS/c1-2-11-21-16-10-6-5-9-15(16)19-18(21)23-14-17(22)20-12-7-3-4-8-13-20/h2,5-6,9-10H,1,3-4,7-8,11-14H2. The number of rotatable bonds is 5. The molecule has 0 N–H and O–H groups in total. The minimum atomic E-state index is 0.231. The molecule has 0 bridgehead atoms. The van der Waals surface area contributed by atoms with Crippen molar-refractivity contribution in [2.45, 2.75) is 37.4 Å². The smallest absolute Gasteiger partial charge is 0.233 e. The average Bonchev–Trinajstić information content (AvgIpc) is 2.75. The highest BCUT2D eigenvalue weighted by molar-refractivity contribution is 7.99. The number of carbonyl (C=O) groups is 1. The van der Waals surface area contributed by atoms with Crippen molar-refractivity contribution in [3.05, 3.63) is 36.9 Å². The maximum absolute atomic E-state index is 12.5. The van der Waals surface area contributed by atoms with Gasteiger partial charge in [-0.3, -0.25) is 4.79 Å². The molecule has 4 nitrogen and oxygen atoms in total. The van der Waals surface area contributed by atoms with Gasteiger partial charge in [0.1, 0.15) is 0 Å². The lowest BCUT2D eigenvalue weighted by atomic mass is 10.2. The zero-order valence-corrected chi connectivity index (χ0v) is 14.2. The number of carbonyl (C=O) groups excluding carboxylic acids is 1. The maximum atomic E-state index is 12.5. The van der Waals surface area contributed by atoms with Crippen LogP contribution in [0.2, 0.25) is 0 Å². The van der Waals surface area contributed by atoms with Gasteiger partial charge in [-0.2, -0.15) is 0 Å². The van der Waals surface area contributed by atoms with E-state index >= 15 is 0 Å². The van der Waals surface area contributed by atoms with Gasteiger partial charge in [-0.1, -0.05) is 42.8 Å². The number of para-hydroxylation sites is 2. The molecule has 2 heterocycles. The molecule has 0 aliphatic carbocycles. The van der Waals surface area contributed by atoms with Gasteiger partial charge in [0.15, 0.2) is 5.16 Å². The molecule has 1 aliphatic rings. The highest BCUT2D eigenvalue weighted by Crippen LogP contribution is 2.24. The van der Waals surface area contributed by atoms with Crippen LogP contribution in [0.15, 0.2) is 42.1 Å². The SMILES string of the molecule is C=CCn1c(SCC(=O)N2CCCCCC2)nc2ccccc21. The second-order valence-corrected chi connectivity index (χ2v) is 6.81. The number of nitrogens with zero attached hydrogens (tertiary/aromatic N) is 3. The molecule has 0 atom stereocenters. The van der Waals surface area contributed by atoms with E-state index in [0.29, 0.717) is 12.3 Å². The highest BCUT2D eigenvalue weighted by Gasteiger charge is 2.17. The van der Waals surface area contributed by atoms with Crippen LogP contribution in [0.4, 0.5) is 0 Å². The Hall–Kier alpha value is -1.75. The first-order valence-electron chi connectivity index (χ1n) is 8.26. The molecule has 2 aromatic rings. The zero-order valence-electron chi connectivity index (χ0n) is 13.4. The second kappa shape index (κ2) is 7.68. The van der Waals surface area contributed by atoms with E-state index in [-0.39, 0.29) is 5.91 Å². The quantitative estimate of drug-likeness (QED) is 0.620. The average molecular weight is 329 g/mol. The summed E-state index contributed by atoms with van der Waals surface area (Å²) < 4.78 is 2.13. The summed E-state index contributed by atoms with van der Waals surface area (Å²) in [6, 6.07) is 8.08. The van der Waals surface area contributed by atoms with Crippen molar-refractivity contribution in [3.63, 3.8) is 0 Å². The summed E-state index contributed by atoms with van der Waals surface area (Å²) in [7, 11) is 0. The van der Waals surface area contributed by atoms with Gasteiger partial charge < -0.3 is 9.47 Å². The van der Waals surface area contributed by atoms with Gasteiger partial charge >= 0.3 is 0 Å². The van der Waals surface area contributed by atoms with E-state index in [9.17, 15) is 4.79 Å². The molecule has 23 heavy (non-hydrogen) atoms. The van der Waals surface area contributed by atoms with Crippen LogP contribution < -0.4 is 0 Å². The Labute approximate surface area is 141 Å². The summed E-state index contributed by atoms with van der Waals surface area (Å²) in [5, 5.41) is 0.897. The summed E-state index contributed by atoms with van der Waals surface area (Å²) in [4.78, 5) is 19.1. The van der Waals surface area contributed by atoms with Gasteiger partial charge in [0.25, 0.3) is 0 Å². The van der Waals surface area contributed by atoms with Gasteiger partial charge in [-0.25, -0.2) is 4.98 Å². The molecule has 0 radical (unpaired) electrons. The molecule has 5 heteroatoms. The van der Waals surface area contributed by atoms with E-state index < -0.39 is 0 Å². The van der Waals surface area contributed by atoms with Crippen molar-refractivity contribution in [1.82, 2.24) is 14.5 Å². The van der Waals surface area contributed by atoms with E-state index in [4.69, 9.17) is 0 Å². The Bertz CT molecular complexity index is 687. The van der Waals surface area contributed by atoms with Gasteiger partial charge in [0, 0.05) is 19.6 Å². The van der Waals surface area contributed by atoms with Gasteiger partial charge in [-0.05, 0) is 25.0 Å². The predicted octanol–water partition coefficient (Wildman–Crippen LogP) is 3.72. The lowest BCUT2D eigenvalue weighted by molar-refractivity contribution is -0.128. The van der Waals surface area contributed by atoms with E-state index in [1.54, 1.807) is 0 Å². The molecule has 1 aromatic heterocycles. The van der Waals surface area contributed by atoms with Gasteiger partial charge in [0.05, 0.1) is 16.8 Å². The number of aromatic nitrogens is 2. The fraction of sp³-hybridized carbons (Fsp3) is 0.444. The van der Waals surface area contributed by atoms with Crippen LogP contribution in [0.25, 0.3) is 11.0 Å². The van der Waals surface area contributed by atoms with Crippen LogP contribution in [0, 0.1) is 0 Å². The zero-order chi connectivity index (χ0) is 16.1. The summed E-state index contributed by atoms with van der Waals surface area (Å²) in [5.74, 6) is 0.689. The van der Waals surface area contributed by atoms with E-state index in [0.717, 1.165) is 42.1 Å². The Kier molecular flexibility index (Phi) is 5.39. The summed E-state index contributed by atoms with van der Waals surface area (Å²) in [5.41, 5.74) is 2.07. The fourth-order valence-electron chi connectivity index (χ4n) is 3.01. The molecule has 1 saturated heterocycles. The van der Waals surface area contributed by atoms with Crippen molar-refractivity contribution in [2.75, 3.05) is 18.8 Å². The van der Waals surface area contributed by atoms with E-state index in [1.165, 1.54) is 24.6 Å². The number of amides is 1. The molecule has 1 aliphatic heterocycles. The molecule has 0 saturated carbocycles. The number of allylic oxidation sites excluding steroid dienone is 1. The fourth-order valence-corrected chi connectivity index (χ4v) is 3.93. The molecule has 1 aromatic carbocycles. The number of thioether (sulfide) groups is 1. The third-order valence-corrected chi connectivity index (χ3v) is 5.18. The highest BCUT2D eigenvalue weighted by atomic mass is 32.2.